The lowest BCUT2D eigenvalue weighted by Crippen LogP contribution is -2.49. The monoisotopic (exact) mass is 222 g/mol. The summed E-state index contributed by atoms with van der Waals surface area (Å²) in [6.07, 6.45) is 0.886. The van der Waals surface area contributed by atoms with Crippen molar-refractivity contribution in [2.24, 2.45) is 0 Å². The molecular formula is C8H18N2O3S. The first-order valence-corrected chi connectivity index (χ1v) is 6.60. The minimum atomic E-state index is -3.03. The number of nitrogens with zero attached hydrogens (tertiary/aromatic N) is 2. The molecule has 1 aliphatic heterocycles. The molecule has 84 valence electrons. The summed E-state index contributed by atoms with van der Waals surface area (Å²) in [5.74, 6) is 0. The molecule has 0 aromatic rings. The first-order valence-electron chi connectivity index (χ1n) is 4.75. The number of piperazine rings is 1. The van der Waals surface area contributed by atoms with Crippen LogP contribution in [-0.2, 0) is 10.0 Å². The van der Waals surface area contributed by atoms with Crippen LogP contribution in [0.25, 0.3) is 0 Å². The molecule has 0 aromatic carbocycles. The normalized spacial score (nSPS) is 23.6. The van der Waals surface area contributed by atoms with E-state index in [0.717, 1.165) is 0 Å². The minimum absolute atomic E-state index is 0.347. The van der Waals surface area contributed by atoms with Crippen molar-refractivity contribution in [1.82, 2.24) is 9.21 Å². The zero-order valence-electron chi connectivity index (χ0n) is 8.68. The number of β-amino-alcohol motifs (C(OH)–C–C–N with tert-alkyl or cyclic N) is 1. The van der Waals surface area contributed by atoms with Gasteiger partial charge in [0.1, 0.15) is 0 Å². The van der Waals surface area contributed by atoms with Gasteiger partial charge in [-0.25, -0.2) is 8.42 Å². The summed E-state index contributed by atoms with van der Waals surface area (Å²) in [5, 5.41) is 9.16. The van der Waals surface area contributed by atoms with Crippen LogP contribution in [0.4, 0.5) is 0 Å². The van der Waals surface area contributed by atoms with Crippen molar-refractivity contribution in [2.75, 3.05) is 39.0 Å². The van der Waals surface area contributed by atoms with Crippen LogP contribution in [0.1, 0.15) is 6.92 Å². The predicted octanol–water partition coefficient (Wildman–Crippen LogP) is -1.06. The van der Waals surface area contributed by atoms with Crippen LogP contribution in [0.15, 0.2) is 0 Å². The summed E-state index contributed by atoms with van der Waals surface area (Å²) in [6, 6.07) is 0. The molecule has 0 amide bonds. The number of aliphatic hydroxyl groups excluding tert-OH is 1. The van der Waals surface area contributed by atoms with Crippen molar-refractivity contribution in [3.8, 4) is 0 Å². The molecule has 1 aliphatic rings. The van der Waals surface area contributed by atoms with Crippen molar-refractivity contribution in [2.45, 2.75) is 13.0 Å². The van der Waals surface area contributed by atoms with Crippen LogP contribution in [-0.4, -0.2) is 67.8 Å². The van der Waals surface area contributed by atoms with Crippen LogP contribution < -0.4 is 0 Å². The highest BCUT2D eigenvalue weighted by molar-refractivity contribution is 7.88. The van der Waals surface area contributed by atoms with Gasteiger partial charge in [-0.1, -0.05) is 0 Å². The quantitative estimate of drug-likeness (QED) is 0.661. The van der Waals surface area contributed by atoms with Crippen LogP contribution in [0.3, 0.4) is 0 Å². The zero-order valence-corrected chi connectivity index (χ0v) is 9.50. The van der Waals surface area contributed by atoms with E-state index >= 15 is 0 Å². The van der Waals surface area contributed by atoms with Crippen LogP contribution in [0.2, 0.25) is 0 Å². The Morgan fingerprint density at radius 3 is 2.14 bits per heavy atom. The summed E-state index contributed by atoms with van der Waals surface area (Å²) < 4.78 is 23.8. The van der Waals surface area contributed by atoms with Gasteiger partial charge < -0.3 is 5.11 Å². The summed E-state index contributed by atoms with van der Waals surface area (Å²) in [4.78, 5) is 2.08. The maximum Gasteiger partial charge on any atom is 0.211 e. The van der Waals surface area contributed by atoms with Crippen molar-refractivity contribution in [1.29, 1.82) is 0 Å². The molecule has 1 heterocycles. The molecule has 1 atom stereocenters. The van der Waals surface area contributed by atoms with E-state index in [9.17, 15) is 8.42 Å². The fraction of sp³-hybridized carbons (Fsp3) is 1.00. The summed E-state index contributed by atoms with van der Waals surface area (Å²) in [7, 11) is -3.03. The van der Waals surface area contributed by atoms with Gasteiger partial charge in [-0.15, -0.1) is 0 Å². The van der Waals surface area contributed by atoms with E-state index in [1.165, 1.54) is 10.6 Å². The minimum Gasteiger partial charge on any atom is -0.392 e. The third-order valence-electron chi connectivity index (χ3n) is 2.32. The second-order valence-electron chi connectivity index (χ2n) is 3.81. The third kappa shape index (κ3) is 3.53. The molecule has 0 saturated carbocycles. The molecular weight excluding hydrogens is 204 g/mol. The SMILES string of the molecule is CC(O)CN1CCN(S(C)(=O)=O)CC1. The Bertz CT molecular complexity index is 268. The zero-order chi connectivity index (χ0) is 10.8. The maximum absolute atomic E-state index is 11.2. The third-order valence-corrected chi connectivity index (χ3v) is 3.63. The van der Waals surface area contributed by atoms with E-state index in [1.807, 2.05) is 0 Å². The van der Waals surface area contributed by atoms with Gasteiger partial charge in [0.25, 0.3) is 0 Å². The van der Waals surface area contributed by atoms with E-state index < -0.39 is 10.0 Å². The number of aliphatic hydroxyl groups is 1. The summed E-state index contributed by atoms with van der Waals surface area (Å²) >= 11 is 0. The van der Waals surface area contributed by atoms with Gasteiger partial charge in [-0.2, -0.15) is 4.31 Å². The Hall–Kier alpha value is -0.170. The maximum atomic E-state index is 11.2. The van der Waals surface area contributed by atoms with Crippen LogP contribution in [0.5, 0.6) is 0 Å². The van der Waals surface area contributed by atoms with Crippen molar-refractivity contribution in [3.05, 3.63) is 0 Å². The molecule has 1 saturated heterocycles. The standard InChI is InChI=1S/C8H18N2O3S/c1-8(11)7-9-3-5-10(6-4-9)14(2,12)13/h8,11H,3-7H2,1-2H3. The largest absolute Gasteiger partial charge is 0.392 e. The van der Waals surface area contributed by atoms with Crippen molar-refractivity contribution >= 4 is 10.0 Å². The number of hydrogen-bond acceptors (Lipinski definition) is 4. The first kappa shape index (κ1) is 11.9. The molecule has 14 heavy (non-hydrogen) atoms. The highest BCUT2D eigenvalue weighted by Gasteiger charge is 2.23. The average molecular weight is 222 g/mol. The van der Waals surface area contributed by atoms with Gasteiger partial charge in [0, 0.05) is 32.7 Å². The van der Waals surface area contributed by atoms with Crippen LogP contribution >= 0.6 is 0 Å². The fourth-order valence-corrected chi connectivity index (χ4v) is 2.44. The van der Waals surface area contributed by atoms with Gasteiger partial charge in [0.15, 0.2) is 0 Å². The van der Waals surface area contributed by atoms with Gasteiger partial charge in [0.2, 0.25) is 10.0 Å². The Kier molecular flexibility index (Phi) is 3.88. The van der Waals surface area contributed by atoms with Gasteiger partial charge >= 0.3 is 0 Å². The topological polar surface area (TPSA) is 60.9 Å². The Balaban J connectivity index is 2.39. The van der Waals surface area contributed by atoms with E-state index in [1.54, 1.807) is 6.92 Å². The highest BCUT2D eigenvalue weighted by atomic mass is 32.2. The Labute approximate surface area is 85.4 Å². The highest BCUT2D eigenvalue weighted by Crippen LogP contribution is 2.06. The second-order valence-corrected chi connectivity index (χ2v) is 5.79. The van der Waals surface area contributed by atoms with E-state index in [-0.39, 0.29) is 6.10 Å². The molecule has 0 aromatic heterocycles. The Morgan fingerprint density at radius 1 is 1.29 bits per heavy atom. The molecule has 1 unspecified atom stereocenters. The van der Waals surface area contributed by atoms with Crippen molar-refractivity contribution in [3.63, 3.8) is 0 Å². The number of hydrogen-bond donors (Lipinski definition) is 1. The lowest BCUT2D eigenvalue weighted by Gasteiger charge is -2.33. The molecule has 0 bridgehead atoms. The molecule has 0 aliphatic carbocycles. The van der Waals surface area contributed by atoms with Crippen molar-refractivity contribution < 1.29 is 13.5 Å². The van der Waals surface area contributed by atoms with E-state index in [4.69, 9.17) is 5.11 Å². The van der Waals surface area contributed by atoms with E-state index in [0.29, 0.717) is 32.7 Å². The average Bonchev–Trinajstić information content (AvgIpc) is 2.02. The summed E-state index contributed by atoms with van der Waals surface area (Å²) in [6.45, 7) is 4.84. The van der Waals surface area contributed by atoms with Gasteiger partial charge in [-0.3, -0.25) is 4.90 Å². The molecule has 0 spiro atoms. The fourth-order valence-electron chi connectivity index (χ4n) is 1.62. The predicted molar refractivity (Wildman–Crippen MR) is 54.5 cm³/mol. The second kappa shape index (κ2) is 4.57. The molecule has 1 fully saturated rings. The number of rotatable bonds is 3. The van der Waals surface area contributed by atoms with Gasteiger partial charge in [-0.05, 0) is 6.92 Å². The first-order chi connectivity index (χ1) is 6.39. The number of sulfonamides is 1. The lowest BCUT2D eigenvalue weighted by atomic mass is 10.3. The molecule has 1 N–H and O–H groups in total. The smallest absolute Gasteiger partial charge is 0.211 e. The Morgan fingerprint density at radius 2 is 1.79 bits per heavy atom. The molecule has 0 radical (unpaired) electrons. The molecule has 6 heteroatoms. The summed E-state index contributed by atoms with van der Waals surface area (Å²) in [5.41, 5.74) is 0. The molecule has 5 nitrogen and oxygen atoms in total. The van der Waals surface area contributed by atoms with Crippen LogP contribution in [0, 0.1) is 0 Å². The van der Waals surface area contributed by atoms with Gasteiger partial charge in [0.05, 0.1) is 12.4 Å². The lowest BCUT2D eigenvalue weighted by molar-refractivity contribution is 0.103. The molecule has 1 rings (SSSR count). The van der Waals surface area contributed by atoms with E-state index in [2.05, 4.69) is 4.90 Å².